The van der Waals surface area contributed by atoms with Gasteiger partial charge in [0.2, 0.25) is 0 Å². The quantitative estimate of drug-likeness (QED) is 0.844. The number of aryl methyl sites for hydroxylation is 1. The van der Waals surface area contributed by atoms with Gasteiger partial charge in [-0.2, -0.15) is 0 Å². The molecule has 1 aromatic carbocycles. The lowest BCUT2D eigenvalue weighted by Crippen LogP contribution is -2.17. The van der Waals surface area contributed by atoms with Crippen molar-refractivity contribution in [2.24, 2.45) is 0 Å². The third-order valence-corrected chi connectivity index (χ3v) is 2.84. The summed E-state index contributed by atoms with van der Waals surface area (Å²) >= 11 is 0. The van der Waals surface area contributed by atoms with Crippen molar-refractivity contribution in [1.82, 2.24) is 4.98 Å². The van der Waals surface area contributed by atoms with Crippen molar-refractivity contribution in [2.45, 2.75) is 20.3 Å². The summed E-state index contributed by atoms with van der Waals surface area (Å²) in [6.45, 7) is 3.97. The molecule has 0 amide bonds. The summed E-state index contributed by atoms with van der Waals surface area (Å²) in [6.07, 6.45) is 0.578. The van der Waals surface area contributed by atoms with Gasteiger partial charge in [0.25, 0.3) is 5.56 Å². The van der Waals surface area contributed by atoms with E-state index in [1.54, 1.807) is 25.1 Å². The molecule has 2 aromatic rings. The van der Waals surface area contributed by atoms with Gasteiger partial charge < -0.3 is 9.72 Å². The number of carbonyl (C=O) groups is 1. The Bertz CT molecular complexity index is 643. The largest absolute Gasteiger partial charge is 0.462 e. The van der Waals surface area contributed by atoms with E-state index in [2.05, 4.69) is 4.98 Å². The zero-order valence-electron chi connectivity index (χ0n) is 10.4. The van der Waals surface area contributed by atoms with Gasteiger partial charge in [0.1, 0.15) is 0 Å². The fraction of sp³-hybridized carbons (Fsp3) is 0.286. The van der Waals surface area contributed by atoms with Crippen LogP contribution in [0.5, 0.6) is 0 Å². The molecule has 0 saturated heterocycles. The van der Waals surface area contributed by atoms with Crippen LogP contribution in [0.3, 0.4) is 0 Å². The molecular formula is C14H15NO3. The van der Waals surface area contributed by atoms with Crippen molar-refractivity contribution in [1.29, 1.82) is 0 Å². The van der Waals surface area contributed by atoms with Crippen molar-refractivity contribution in [3.8, 4) is 0 Å². The van der Waals surface area contributed by atoms with Crippen molar-refractivity contribution in [2.75, 3.05) is 6.61 Å². The molecule has 0 atom stereocenters. The Morgan fingerprint density at radius 2 is 1.89 bits per heavy atom. The maximum absolute atomic E-state index is 12.0. The molecule has 0 saturated carbocycles. The number of rotatable bonds is 3. The minimum atomic E-state index is -0.387. The van der Waals surface area contributed by atoms with E-state index in [-0.39, 0.29) is 11.5 Å². The molecule has 4 heteroatoms. The smallest absolute Gasteiger partial charge is 0.340 e. The topological polar surface area (TPSA) is 59.2 Å². The summed E-state index contributed by atoms with van der Waals surface area (Å²) < 4.78 is 5.06. The summed E-state index contributed by atoms with van der Waals surface area (Å²) in [5, 5.41) is 1.16. The molecule has 4 nitrogen and oxygen atoms in total. The molecule has 0 aliphatic rings. The highest BCUT2D eigenvalue weighted by Crippen LogP contribution is 2.19. The highest BCUT2D eigenvalue weighted by molar-refractivity contribution is 6.05. The standard InChI is InChI=1S/C14H15NO3/c1-3-11-12(14(17)18-4-2)9-7-5-6-8-10(9)13(16)15-11/h5-8H,3-4H2,1-2H3,(H,15,16). The van der Waals surface area contributed by atoms with Gasteiger partial charge in [-0.15, -0.1) is 0 Å². The second-order valence-electron chi connectivity index (χ2n) is 3.93. The van der Waals surface area contributed by atoms with Gasteiger partial charge in [-0.25, -0.2) is 4.79 Å². The van der Waals surface area contributed by atoms with Gasteiger partial charge in [0, 0.05) is 16.5 Å². The Labute approximate surface area is 105 Å². The SMILES string of the molecule is CCOC(=O)c1c(CC)[nH]c(=O)c2ccccc12. The summed E-state index contributed by atoms with van der Waals surface area (Å²) in [6, 6.07) is 7.06. The number of hydrogen-bond donors (Lipinski definition) is 1. The molecular weight excluding hydrogens is 230 g/mol. The number of esters is 1. The average Bonchev–Trinajstić information content (AvgIpc) is 2.38. The second-order valence-corrected chi connectivity index (χ2v) is 3.93. The average molecular weight is 245 g/mol. The van der Waals surface area contributed by atoms with Crippen molar-refractivity contribution >= 4 is 16.7 Å². The van der Waals surface area contributed by atoms with Gasteiger partial charge in [-0.1, -0.05) is 25.1 Å². The molecule has 1 heterocycles. The first kappa shape index (κ1) is 12.4. The molecule has 0 spiro atoms. The minimum Gasteiger partial charge on any atom is -0.462 e. The zero-order chi connectivity index (χ0) is 13.1. The van der Waals surface area contributed by atoms with Crippen LogP contribution in [0.2, 0.25) is 0 Å². The number of aromatic amines is 1. The van der Waals surface area contributed by atoms with E-state index in [1.807, 2.05) is 13.0 Å². The molecule has 0 aliphatic heterocycles. The van der Waals surface area contributed by atoms with Crippen LogP contribution in [0.4, 0.5) is 0 Å². The van der Waals surface area contributed by atoms with E-state index >= 15 is 0 Å². The van der Waals surface area contributed by atoms with Crippen LogP contribution in [-0.2, 0) is 11.2 Å². The minimum absolute atomic E-state index is 0.171. The normalized spacial score (nSPS) is 10.6. The van der Waals surface area contributed by atoms with Crippen LogP contribution in [-0.4, -0.2) is 17.6 Å². The summed E-state index contributed by atoms with van der Waals surface area (Å²) in [5.74, 6) is -0.387. The first-order chi connectivity index (χ1) is 8.69. The lowest BCUT2D eigenvalue weighted by molar-refractivity contribution is 0.0527. The van der Waals surface area contributed by atoms with Crippen LogP contribution >= 0.6 is 0 Å². The van der Waals surface area contributed by atoms with Crippen molar-refractivity contribution < 1.29 is 9.53 Å². The number of fused-ring (bicyclic) bond motifs is 1. The number of hydrogen-bond acceptors (Lipinski definition) is 3. The van der Waals surface area contributed by atoms with Gasteiger partial charge in [0.05, 0.1) is 12.2 Å². The number of nitrogens with one attached hydrogen (secondary N) is 1. The summed E-state index contributed by atoms with van der Waals surface area (Å²) in [5.41, 5.74) is 0.919. The molecule has 0 bridgehead atoms. The molecule has 0 unspecified atom stereocenters. The summed E-state index contributed by atoms with van der Waals surface area (Å²) in [4.78, 5) is 26.6. The zero-order valence-corrected chi connectivity index (χ0v) is 10.4. The lowest BCUT2D eigenvalue weighted by atomic mass is 10.0. The Kier molecular flexibility index (Phi) is 3.46. The third kappa shape index (κ3) is 2.01. The number of benzene rings is 1. The molecule has 0 radical (unpaired) electrons. The molecule has 94 valence electrons. The molecule has 0 fully saturated rings. The predicted octanol–water partition coefficient (Wildman–Crippen LogP) is 2.27. The van der Waals surface area contributed by atoms with E-state index in [1.165, 1.54) is 0 Å². The molecule has 1 aromatic heterocycles. The monoisotopic (exact) mass is 245 g/mol. The Balaban J connectivity index is 2.79. The lowest BCUT2D eigenvalue weighted by Gasteiger charge is -2.10. The number of carbonyl (C=O) groups excluding carboxylic acids is 1. The first-order valence-corrected chi connectivity index (χ1v) is 6.00. The fourth-order valence-corrected chi connectivity index (χ4v) is 2.03. The molecule has 0 aliphatic carbocycles. The van der Waals surface area contributed by atoms with E-state index in [0.717, 1.165) is 0 Å². The van der Waals surface area contributed by atoms with Gasteiger partial charge in [-0.05, 0) is 19.4 Å². The Morgan fingerprint density at radius 1 is 1.22 bits per heavy atom. The molecule has 18 heavy (non-hydrogen) atoms. The highest BCUT2D eigenvalue weighted by atomic mass is 16.5. The van der Waals surface area contributed by atoms with E-state index in [9.17, 15) is 9.59 Å². The number of ether oxygens (including phenoxy) is 1. The second kappa shape index (κ2) is 5.04. The highest BCUT2D eigenvalue weighted by Gasteiger charge is 2.17. The van der Waals surface area contributed by atoms with Crippen LogP contribution < -0.4 is 5.56 Å². The number of H-pyrrole nitrogens is 1. The Morgan fingerprint density at radius 3 is 2.50 bits per heavy atom. The number of aromatic nitrogens is 1. The van der Waals surface area contributed by atoms with Crippen LogP contribution in [0.15, 0.2) is 29.1 Å². The fourth-order valence-electron chi connectivity index (χ4n) is 2.03. The van der Waals surface area contributed by atoms with Crippen molar-refractivity contribution in [3.05, 3.63) is 45.9 Å². The maximum atomic E-state index is 12.0. The van der Waals surface area contributed by atoms with E-state index in [4.69, 9.17) is 4.74 Å². The summed E-state index contributed by atoms with van der Waals surface area (Å²) in [7, 11) is 0. The van der Waals surface area contributed by atoms with Crippen LogP contribution in [0.25, 0.3) is 10.8 Å². The number of pyridine rings is 1. The van der Waals surface area contributed by atoms with Gasteiger partial charge >= 0.3 is 5.97 Å². The molecule has 1 N–H and O–H groups in total. The predicted molar refractivity (Wildman–Crippen MR) is 69.9 cm³/mol. The third-order valence-electron chi connectivity index (χ3n) is 2.84. The van der Waals surface area contributed by atoms with Gasteiger partial charge in [0.15, 0.2) is 0 Å². The van der Waals surface area contributed by atoms with Crippen LogP contribution in [0, 0.1) is 0 Å². The van der Waals surface area contributed by atoms with Crippen molar-refractivity contribution in [3.63, 3.8) is 0 Å². The van der Waals surface area contributed by atoms with Gasteiger partial charge in [-0.3, -0.25) is 4.79 Å². The molecule has 2 rings (SSSR count). The first-order valence-electron chi connectivity index (χ1n) is 6.00. The Hall–Kier alpha value is -2.10. The maximum Gasteiger partial charge on any atom is 0.340 e. The van der Waals surface area contributed by atoms with E-state index < -0.39 is 0 Å². The van der Waals surface area contributed by atoms with Crippen LogP contribution in [0.1, 0.15) is 29.9 Å². The van der Waals surface area contributed by atoms with E-state index in [0.29, 0.717) is 35.1 Å².